The van der Waals surface area contributed by atoms with E-state index < -0.39 is 29.7 Å². The summed E-state index contributed by atoms with van der Waals surface area (Å²) in [5, 5.41) is 5.79. The molecule has 29 heavy (non-hydrogen) atoms. The number of carbonyl (C=O) groups is 3. The van der Waals surface area contributed by atoms with E-state index in [9.17, 15) is 14.4 Å². The highest BCUT2D eigenvalue weighted by molar-refractivity contribution is 9.10. The van der Waals surface area contributed by atoms with Crippen LogP contribution in [0.4, 0.5) is 11.4 Å². The second-order valence-electron chi connectivity index (χ2n) is 6.80. The Bertz CT molecular complexity index is 1020. The number of amides is 2. The van der Waals surface area contributed by atoms with Gasteiger partial charge < -0.3 is 4.74 Å². The predicted molar refractivity (Wildman–Crippen MR) is 112 cm³/mol. The highest BCUT2D eigenvalue weighted by Crippen LogP contribution is 2.38. The van der Waals surface area contributed by atoms with Crippen molar-refractivity contribution in [2.45, 2.75) is 19.9 Å². The lowest BCUT2D eigenvalue weighted by Crippen LogP contribution is -2.39. The van der Waals surface area contributed by atoms with Crippen LogP contribution in [0.25, 0.3) is 0 Å². The zero-order valence-electron chi connectivity index (χ0n) is 15.8. The molecule has 2 amide bonds. The molecule has 7 nitrogen and oxygen atoms in total. The molecule has 0 bridgehead atoms. The van der Waals surface area contributed by atoms with Crippen LogP contribution in [0.5, 0.6) is 0 Å². The van der Waals surface area contributed by atoms with Crippen molar-refractivity contribution in [1.82, 2.24) is 0 Å². The third-order valence-electron chi connectivity index (χ3n) is 4.92. The monoisotopic (exact) mass is 455 g/mol. The van der Waals surface area contributed by atoms with Crippen molar-refractivity contribution < 1.29 is 19.1 Å². The van der Waals surface area contributed by atoms with E-state index in [0.29, 0.717) is 11.4 Å². The molecular formula is C21H18BrN3O4. The van der Waals surface area contributed by atoms with Gasteiger partial charge in [0.2, 0.25) is 5.91 Å². The molecule has 0 saturated carbocycles. The first-order valence-electron chi connectivity index (χ1n) is 9.17. The first-order valence-corrected chi connectivity index (χ1v) is 9.96. The van der Waals surface area contributed by atoms with Crippen LogP contribution in [0.3, 0.4) is 0 Å². The summed E-state index contributed by atoms with van der Waals surface area (Å²) in [5.74, 6) is -2.60. The maximum absolute atomic E-state index is 13.3. The molecule has 0 radical (unpaired) electrons. The van der Waals surface area contributed by atoms with Crippen LogP contribution in [0.1, 0.15) is 12.5 Å². The molecule has 4 rings (SSSR count). The second kappa shape index (κ2) is 7.44. The number of hydrogen-bond donors (Lipinski definition) is 0. The largest absolute Gasteiger partial charge is 0.461 e. The van der Waals surface area contributed by atoms with Gasteiger partial charge in [0, 0.05) is 4.47 Å². The number of ether oxygens (including phenoxy) is 1. The number of anilines is 2. The van der Waals surface area contributed by atoms with Gasteiger partial charge in [-0.3, -0.25) is 14.6 Å². The van der Waals surface area contributed by atoms with Gasteiger partial charge in [0.1, 0.15) is 12.0 Å². The van der Waals surface area contributed by atoms with Crippen molar-refractivity contribution in [3.05, 3.63) is 58.6 Å². The lowest BCUT2D eigenvalue weighted by molar-refractivity contribution is -0.136. The number of hydrogen-bond acceptors (Lipinski definition) is 6. The Morgan fingerprint density at radius 1 is 1.03 bits per heavy atom. The maximum Gasteiger partial charge on any atom is 0.355 e. The first-order chi connectivity index (χ1) is 13.9. The average Bonchev–Trinajstić information content (AvgIpc) is 3.21. The fourth-order valence-corrected chi connectivity index (χ4v) is 3.81. The molecule has 2 atom stereocenters. The number of esters is 1. The molecule has 2 aliphatic heterocycles. The zero-order valence-corrected chi connectivity index (χ0v) is 17.4. The van der Waals surface area contributed by atoms with Crippen molar-refractivity contribution in [3.63, 3.8) is 0 Å². The van der Waals surface area contributed by atoms with Gasteiger partial charge in [-0.25, -0.2) is 9.69 Å². The Labute approximate surface area is 176 Å². The highest BCUT2D eigenvalue weighted by atomic mass is 79.9. The molecule has 2 heterocycles. The van der Waals surface area contributed by atoms with E-state index in [4.69, 9.17) is 4.74 Å². The molecule has 148 valence electrons. The molecule has 0 aliphatic carbocycles. The minimum absolute atomic E-state index is 0.0459. The average molecular weight is 456 g/mol. The molecule has 2 aromatic carbocycles. The molecule has 2 aromatic rings. The number of carbonyl (C=O) groups excluding carboxylic acids is 3. The number of nitrogens with zero attached hydrogens (tertiary/aromatic N) is 3. The van der Waals surface area contributed by atoms with Crippen molar-refractivity contribution in [2.75, 3.05) is 16.5 Å². The van der Waals surface area contributed by atoms with Gasteiger partial charge in [-0.05, 0) is 50.2 Å². The van der Waals surface area contributed by atoms with E-state index in [1.54, 1.807) is 31.2 Å². The molecular weight excluding hydrogens is 438 g/mol. The summed E-state index contributed by atoms with van der Waals surface area (Å²) in [5.41, 5.74) is 2.08. The standard InChI is InChI=1S/C21H18BrN3O4/c1-3-29-21(28)17-16-18(25(23-17)15-8-4-12(2)5-9-15)20(27)24(19(16)26)14-10-6-13(22)7-11-14/h4-11,16,18H,3H2,1-2H3/t16-,18-/m1/s1. The van der Waals surface area contributed by atoms with E-state index in [1.807, 2.05) is 31.2 Å². The lowest BCUT2D eigenvalue weighted by Gasteiger charge is -2.22. The van der Waals surface area contributed by atoms with E-state index in [2.05, 4.69) is 21.0 Å². The third kappa shape index (κ3) is 3.23. The number of fused-ring (bicyclic) bond motifs is 1. The SMILES string of the molecule is CCOC(=O)C1=NN(c2ccc(C)cc2)[C@H]2C(=O)N(c3ccc(Br)cc3)C(=O)[C@H]12. The predicted octanol–water partition coefficient (Wildman–Crippen LogP) is 3.05. The van der Waals surface area contributed by atoms with Crippen molar-refractivity contribution >= 4 is 50.8 Å². The van der Waals surface area contributed by atoms with Gasteiger partial charge >= 0.3 is 5.97 Å². The number of aryl methyl sites for hydroxylation is 1. The summed E-state index contributed by atoms with van der Waals surface area (Å²) in [6.07, 6.45) is 0. The zero-order chi connectivity index (χ0) is 20.7. The summed E-state index contributed by atoms with van der Waals surface area (Å²) < 4.78 is 5.92. The van der Waals surface area contributed by atoms with Gasteiger partial charge in [0.25, 0.3) is 5.91 Å². The number of rotatable bonds is 4. The third-order valence-corrected chi connectivity index (χ3v) is 5.45. The maximum atomic E-state index is 13.3. The van der Waals surface area contributed by atoms with Crippen LogP contribution >= 0.6 is 15.9 Å². The Kier molecular flexibility index (Phi) is 4.96. The molecule has 2 aliphatic rings. The van der Waals surface area contributed by atoms with Crippen LogP contribution in [-0.2, 0) is 19.1 Å². The lowest BCUT2D eigenvalue weighted by atomic mass is 9.97. The molecule has 0 unspecified atom stereocenters. The highest BCUT2D eigenvalue weighted by Gasteiger charge is 2.59. The van der Waals surface area contributed by atoms with Crippen LogP contribution in [-0.4, -0.2) is 36.1 Å². The Balaban J connectivity index is 1.78. The minimum Gasteiger partial charge on any atom is -0.461 e. The summed E-state index contributed by atoms with van der Waals surface area (Å²) in [7, 11) is 0. The quantitative estimate of drug-likeness (QED) is 0.522. The minimum atomic E-state index is -1.01. The number of halogens is 1. The molecule has 0 spiro atoms. The summed E-state index contributed by atoms with van der Waals surface area (Å²) >= 11 is 3.35. The van der Waals surface area contributed by atoms with Crippen molar-refractivity contribution in [2.24, 2.45) is 11.0 Å². The van der Waals surface area contributed by atoms with Crippen LogP contribution < -0.4 is 9.91 Å². The molecule has 1 saturated heterocycles. The Morgan fingerprint density at radius 2 is 1.66 bits per heavy atom. The summed E-state index contributed by atoms with van der Waals surface area (Å²) in [6, 6.07) is 13.3. The summed E-state index contributed by atoms with van der Waals surface area (Å²) in [4.78, 5) is 40.1. The Hall–Kier alpha value is -3.00. The normalized spacial score (nSPS) is 20.7. The van der Waals surface area contributed by atoms with Crippen LogP contribution in [0.2, 0.25) is 0 Å². The number of benzene rings is 2. The first kappa shape index (κ1) is 19.3. The van der Waals surface area contributed by atoms with E-state index >= 15 is 0 Å². The number of imide groups is 1. The van der Waals surface area contributed by atoms with Gasteiger partial charge in [0.05, 0.1) is 18.0 Å². The van der Waals surface area contributed by atoms with Gasteiger partial charge in [-0.2, -0.15) is 5.10 Å². The van der Waals surface area contributed by atoms with Gasteiger partial charge in [-0.1, -0.05) is 33.6 Å². The Morgan fingerprint density at radius 3 is 2.28 bits per heavy atom. The van der Waals surface area contributed by atoms with Gasteiger partial charge in [0.15, 0.2) is 5.71 Å². The van der Waals surface area contributed by atoms with E-state index in [-0.39, 0.29) is 12.3 Å². The topological polar surface area (TPSA) is 79.3 Å². The molecule has 0 N–H and O–H groups in total. The van der Waals surface area contributed by atoms with Crippen molar-refractivity contribution in [1.29, 1.82) is 0 Å². The summed E-state index contributed by atoms with van der Waals surface area (Å²) in [6.45, 7) is 3.78. The second-order valence-corrected chi connectivity index (χ2v) is 7.71. The smallest absolute Gasteiger partial charge is 0.355 e. The van der Waals surface area contributed by atoms with Crippen molar-refractivity contribution in [3.8, 4) is 0 Å². The number of hydrazone groups is 1. The van der Waals surface area contributed by atoms with E-state index in [1.165, 1.54) is 5.01 Å². The van der Waals surface area contributed by atoms with Crippen LogP contribution in [0, 0.1) is 12.8 Å². The molecule has 8 heteroatoms. The van der Waals surface area contributed by atoms with Crippen LogP contribution in [0.15, 0.2) is 58.1 Å². The van der Waals surface area contributed by atoms with Gasteiger partial charge in [-0.15, -0.1) is 0 Å². The fourth-order valence-electron chi connectivity index (χ4n) is 3.54. The molecule has 1 fully saturated rings. The fraction of sp³-hybridized carbons (Fsp3) is 0.238. The van der Waals surface area contributed by atoms with E-state index in [0.717, 1.165) is 14.9 Å². The molecule has 0 aromatic heterocycles.